The molecule has 1 saturated heterocycles. The second kappa shape index (κ2) is 4.49. The number of nitrogens with two attached hydrogens (primary N) is 2. The molecule has 0 radical (unpaired) electrons. The lowest BCUT2D eigenvalue weighted by molar-refractivity contribution is 0.0997. The van der Waals surface area contributed by atoms with Crippen molar-refractivity contribution in [3.8, 4) is 0 Å². The number of rotatable bonds is 3. The van der Waals surface area contributed by atoms with E-state index in [4.69, 9.17) is 16.2 Å². The van der Waals surface area contributed by atoms with E-state index in [1.807, 2.05) is 6.92 Å². The number of benzene rings is 1. The van der Waals surface area contributed by atoms with Gasteiger partial charge in [-0.05, 0) is 32.4 Å². The molecule has 0 spiro atoms. The maximum Gasteiger partial charge on any atom is 0.250 e. The minimum Gasteiger partial charge on any atom is -0.397 e. The highest BCUT2D eigenvalue weighted by atomic mass is 16.5. The van der Waals surface area contributed by atoms with Crippen molar-refractivity contribution >= 4 is 17.3 Å². The van der Waals surface area contributed by atoms with Crippen molar-refractivity contribution in [3.05, 3.63) is 23.8 Å². The molecule has 2 atom stereocenters. The van der Waals surface area contributed by atoms with Gasteiger partial charge in [0.25, 0.3) is 5.91 Å². The quantitative estimate of drug-likeness (QED) is 0.705. The summed E-state index contributed by atoms with van der Waals surface area (Å²) in [6.07, 6.45) is 0.915. The normalized spacial score (nSPS) is 27.1. The van der Waals surface area contributed by atoms with Crippen molar-refractivity contribution < 1.29 is 9.53 Å². The highest BCUT2D eigenvalue weighted by Gasteiger charge is 2.37. The second-order valence-corrected chi connectivity index (χ2v) is 4.94. The molecule has 1 heterocycles. The second-order valence-electron chi connectivity index (χ2n) is 4.94. The molecule has 1 amide bonds. The van der Waals surface area contributed by atoms with Crippen molar-refractivity contribution in [1.29, 1.82) is 0 Å². The third-order valence-corrected chi connectivity index (χ3v) is 3.66. The zero-order valence-electron chi connectivity index (χ0n) is 10.7. The van der Waals surface area contributed by atoms with Crippen LogP contribution in [0.4, 0.5) is 11.4 Å². The van der Waals surface area contributed by atoms with Gasteiger partial charge < -0.3 is 21.5 Å². The molecule has 2 rings (SSSR count). The lowest BCUT2D eigenvalue weighted by atomic mass is 9.93. The summed E-state index contributed by atoms with van der Waals surface area (Å²) in [4.78, 5) is 11.4. The molecule has 2 unspecified atom stereocenters. The van der Waals surface area contributed by atoms with Crippen LogP contribution in [0.1, 0.15) is 30.6 Å². The van der Waals surface area contributed by atoms with Crippen LogP contribution in [0.25, 0.3) is 0 Å². The molecule has 0 aliphatic carbocycles. The van der Waals surface area contributed by atoms with E-state index in [-0.39, 0.29) is 11.6 Å². The summed E-state index contributed by atoms with van der Waals surface area (Å²) in [7, 11) is 0. The van der Waals surface area contributed by atoms with Crippen LogP contribution in [0.3, 0.4) is 0 Å². The number of hydrogen-bond donors (Lipinski definition) is 3. The third kappa shape index (κ3) is 2.13. The van der Waals surface area contributed by atoms with Crippen LogP contribution in [-0.2, 0) is 4.74 Å². The molecule has 5 N–H and O–H groups in total. The van der Waals surface area contributed by atoms with Crippen LogP contribution in [0.5, 0.6) is 0 Å². The highest BCUT2D eigenvalue weighted by molar-refractivity contribution is 6.01. The van der Waals surface area contributed by atoms with Gasteiger partial charge in [0.05, 0.1) is 28.6 Å². The Hall–Kier alpha value is -1.75. The summed E-state index contributed by atoms with van der Waals surface area (Å²) in [6, 6.07) is 5.14. The molecule has 1 aliphatic rings. The van der Waals surface area contributed by atoms with Gasteiger partial charge in [-0.25, -0.2) is 0 Å². The van der Waals surface area contributed by atoms with E-state index in [1.54, 1.807) is 18.2 Å². The number of carbonyl (C=O) groups is 1. The molecule has 98 valence electrons. The predicted molar refractivity (Wildman–Crippen MR) is 71.4 cm³/mol. The molecular weight excluding hydrogens is 230 g/mol. The van der Waals surface area contributed by atoms with E-state index in [9.17, 15) is 4.79 Å². The number of nitrogens with one attached hydrogen (secondary N) is 1. The number of primary amides is 1. The van der Waals surface area contributed by atoms with Gasteiger partial charge in [-0.3, -0.25) is 4.79 Å². The van der Waals surface area contributed by atoms with Crippen LogP contribution in [-0.4, -0.2) is 24.2 Å². The Labute approximate surface area is 106 Å². The molecule has 0 bridgehead atoms. The van der Waals surface area contributed by atoms with Gasteiger partial charge in [-0.1, -0.05) is 6.07 Å². The molecule has 1 aromatic rings. The van der Waals surface area contributed by atoms with Crippen molar-refractivity contribution in [2.45, 2.75) is 31.9 Å². The van der Waals surface area contributed by atoms with Crippen molar-refractivity contribution in [2.75, 3.05) is 17.7 Å². The Morgan fingerprint density at radius 1 is 1.56 bits per heavy atom. The molecule has 5 heteroatoms. The summed E-state index contributed by atoms with van der Waals surface area (Å²) in [6.45, 7) is 4.76. The van der Waals surface area contributed by atoms with Gasteiger partial charge in [0.15, 0.2) is 0 Å². The predicted octanol–water partition coefficient (Wildman–Crippen LogP) is 1.35. The first-order valence-electron chi connectivity index (χ1n) is 6.02. The number of amides is 1. The number of nitrogen functional groups attached to an aromatic ring is 1. The number of hydrogen-bond acceptors (Lipinski definition) is 4. The fourth-order valence-electron chi connectivity index (χ4n) is 2.20. The Bertz CT molecular complexity index is 475. The van der Waals surface area contributed by atoms with E-state index in [0.29, 0.717) is 23.5 Å². The zero-order valence-corrected chi connectivity index (χ0v) is 10.7. The summed E-state index contributed by atoms with van der Waals surface area (Å²) >= 11 is 0. The Morgan fingerprint density at radius 2 is 2.28 bits per heavy atom. The number of ether oxygens (including phenoxy) is 1. The van der Waals surface area contributed by atoms with Crippen LogP contribution in [0.2, 0.25) is 0 Å². The average Bonchev–Trinajstić information content (AvgIpc) is 2.62. The van der Waals surface area contributed by atoms with Gasteiger partial charge in [-0.2, -0.15) is 0 Å². The summed E-state index contributed by atoms with van der Waals surface area (Å²) in [5, 5.41) is 3.33. The van der Waals surface area contributed by atoms with Gasteiger partial charge >= 0.3 is 0 Å². The SMILES string of the molecule is CC1OCCC1(C)Nc1c(N)cccc1C(N)=O. The molecule has 5 nitrogen and oxygen atoms in total. The number of para-hydroxylation sites is 1. The van der Waals surface area contributed by atoms with E-state index >= 15 is 0 Å². The van der Waals surface area contributed by atoms with Gasteiger partial charge in [0.2, 0.25) is 0 Å². The average molecular weight is 249 g/mol. The van der Waals surface area contributed by atoms with Crippen molar-refractivity contribution in [1.82, 2.24) is 0 Å². The minimum atomic E-state index is -0.486. The van der Waals surface area contributed by atoms with Crippen LogP contribution in [0, 0.1) is 0 Å². The minimum absolute atomic E-state index is 0.0535. The maximum atomic E-state index is 11.4. The maximum absolute atomic E-state index is 11.4. The summed E-state index contributed by atoms with van der Waals surface area (Å²) in [5.41, 5.74) is 12.6. The number of anilines is 2. The molecule has 1 fully saturated rings. The lowest BCUT2D eigenvalue weighted by Crippen LogP contribution is -2.42. The molecule has 1 aliphatic heterocycles. The lowest BCUT2D eigenvalue weighted by Gasteiger charge is -2.31. The monoisotopic (exact) mass is 249 g/mol. The zero-order chi connectivity index (χ0) is 13.3. The highest BCUT2D eigenvalue weighted by Crippen LogP contribution is 2.33. The first-order valence-corrected chi connectivity index (χ1v) is 6.02. The van der Waals surface area contributed by atoms with Crippen LogP contribution in [0.15, 0.2) is 18.2 Å². The third-order valence-electron chi connectivity index (χ3n) is 3.66. The van der Waals surface area contributed by atoms with Crippen molar-refractivity contribution in [3.63, 3.8) is 0 Å². The van der Waals surface area contributed by atoms with Gasteiger partial charge in [-0.15, -0.1) is 0 Å². The van der Waals surface area contributed by atoms with Gasteiger partial charge in [0, 0.05) is 6.61 Å². The first-order chi connectivity index (χ1) is 8.44. The summed E-state index contributed by atoms with van der Waals surface area (Å²) in [5.74, 6) is -0.486. The number of carbonyl (C=O) groups excluding carboxylic acids is 1. The standard InChI is InChI=1S/C13H19N3O2/c1-8-13(2,6-7-18-8)16-11-9(12(15)17)4-3-5-10(11)14/h3-5,8,16H,6-7,14H2,1-2H3,(H2,15,17). The molecule has 0 saturated carbocycles. The van der Waals surface area contributed by atoms with Crippen molar-refractivity contribution in [2.24, 2.45) is 5.73 Å². The Balaban J connectivity index is 2.37. The van der Waals surface area contributed by atoms with E-state index in [2.05, 4.69) is 12.2 Å². The molecule has 0 aromatic heterocycles. The van der Waals surface area contributed by atoms with Crippen LogP contribution >= 0.6 is 0 Å². The fraction of sp³-hybridized carbons (Fsp3) is 0.462. The van der Waals surface area contributed by atoms with Crippen LogP contribution < -0.4 is 16.8 Å². The molecular formula is C13H19N3O2. The summed E-state index contributed by atoms with van der Waals surface area (Å²) < 4.78 is 5.56. The Morgan fingerprint density at radius 3 is 2.83 bits per heavy atom. The van der Waals surface area contributed by atoms with Gasteiger partial charge in [0.1, 0.15) is 0 Å². The van der Waals surface area contributed by atoms with E-state index in [1.165, 1.54) is 0 Å². The molecule has 1 aromatic carbocycles. The molecule has 18 heavy (non-hydrogen) atoms. The van der Waals surface area contributed by atoms with E-state index in [0.717, 1.165) is 6.42 Å². The largest absolute Gasteiger partial charge is 0.397 e. The topological polar surface area (TPSA) is 90.4 Å². The fourth-order valence-corrected chi connectivity index (χ4v) is 2.20. The smallest absolute Gasteiger partial charge is 0.250 e. The Kier molecular flexibility index (Phi) is 3.17. The van der Waals surface area contributed by atoms with E-state index < -0.39 is 5.91 Å². The first kappa shape index (κ1) is 12.7.